The third-order valence-corrected chi connectivity index (χ3v) is 8.49. The molecule has 5 aromatic rings. The number of rotatable bonds is 7. The molecule has 0 aliphatic heterocycles. The topological polar surface area (TPSA) is 70.2 Å². The van der Waals surface area contributed by atoms with E-state index in [0.29, 0.717) is 18.7 Å². The lowest BCUT2D eigenvalue weighted by Gasteiger charge is -2.12. The summed E-state index contributed by atoms with van der Waals surface area (Å²) in [4.78, 5) is 19.7. The molecule has 0 radical (unpaired) electrons. The highest BCUT2D eigenvalue weighted by atomic mass is 32.1. The molecule has 6 rings (SSSR count). The van der Waals surface area contributed by atoms with Gasteiger partial charge in [-0.2, -0.15) is 5.26 Å². The number of hydrogen-bond donors (Lipinski definition) is 1. The Hall–Kier alpha value is -4.47. The fraction of sp³-hybridized carbons (Fsp3) is 0.182. The highest BCUT2D eigenvalue weighted by Crippen LogP contribution is 2.40. The highest BCUT2D eigenvalue weighted by molar-refractivity contribution is 7.16. The van der Waals surface area contributed by atoms with Gasteiger partial charge in [-0.05, 0) is 54.5 Å². The van der Waals surface area contributed by atoms with Crippen LogP contribution in [0.15, 0.2) is 90.1 Å². The second-order valence-corrected chi connectivity index (χ2v) is 10.9. The molecule has 0 atom stereocenters. The van der Waals surface area contributed by atoms with E-state index in [1.54, 1.807) is 11.3 Å². The average Bonchev–Trinajstić information content (AvgIpc) is 3.53. The van der Waals surface area contributed by atoms with Gasteiger partial charge in [0.05, 0.1) is 17.2 Å². The van der Waals surface area contributed by atoms with Crippen molar-refractivity contribution in [2.75, 3.05) is 0 Å². The van der Waals surface area contributed by atoms with Crippen LogP contribution in [0, 0.1) is 11.3 Å². The van der Waals surface area contributed by atoms with Crippen LogP contribution in [0.4, 0.5) is 5.00 Å². The van der Waals surface area contributed by atoms with E-state index in [1.165, 1.54) is 10.4 Å². The summed E-state index contributed by atoms with van der Waals surface area (Å²) in [6.45, 7) is 1.09. The number of amides is 1. The molecular weight excluding hydrogens is 500 g/mol. The van der Waals surface area contributed by atoms with Crippen LogP contribution in [0.25, 0.3) is 10.9 Å². The molecule has 39 heavy (non-hydrogen) atoms. The Balaban J connectivity index is 1.33. The number of aromatic nitrogens is 1. The number of benzene rings is 3. The van der Waals surface area contributed by atoms with Crippen LogP contribution in [-0.2, 0) is 25.9 Å². The summed E-state index contributed by atoms with van der Waals surface area (Å²) in [6, 6.07) is 28.2. The van der Waals surface area contributed by atoms with E-state index in [1.807, 2.05) is 72.9 Å². The molecular formula is C33H28N4OS. The van der Waals surface area contributed by atoms with Gasteiger partial charge < -0.3 is 9.88 Å². The number of nitrogens with one attached hydrogen (secondary N) is 1. The van der Waals surface area contributed by atoms with Crippen LogP contribution in [0.3, 0.4) is 0 Å². The standard InChI is InChI=1S/C33H28N4OS/c34-18-24-12-4-5-13-25(24)21-37-22-26(27-14-6-8-16-29(27)37)20-36-33-31(28-15-7-9-17-30(28)39-33)32(38)35-19-23-10-2-1-3-11-23/h1-6,8,10-14,16,20,22H,7,9,15,17,19,21H2,(H,35,38)/b36-20+. The first-order valence-electron chi connectivity index (χ1n) is 13.3. The zero-order valence-electron chi connectivity index (χ0n) is 21.6. The Morgan fingerprint density at radius 1 is 1.00 bits per heavy atom. The van der Waals surface area contributed by atoms with Crippen molar-refractivity contribution in [2.24, 2.45) is 4.99 Å². The summed E-state index contributed by atoms with van der Waals surface area (Å²) in [6.07, 6.45) is 8.16. The molecule has 0 bridgehead atoms. The first kappa shape index (κ1) is 24.8. The minimum Gasteiger partial charge on any atom is -0.348 e. The Morgan fingerprint density at radius 2 is 1.77 bits per heavy atom. The van der Waals surface area contributed by atoms with Crippen molar-refractivity contribution in [2.45, 2.75) is 38.8 Å². The monoisotopic (exact) mass is 528 g/mol. The number of nitriles is 1. The van der Waals surface area contributed by atoms with E-state index in [0.717, 1.165) is 63.8 Å². The first-order valence-corrected chi connectivity index (χ1v) is 14.1. The van der Waals surface area contributed by atoms with Crippen molar-refractivity contribution in [3.8, 4) is 6.07 Å². The molecule has 0 fully saturated rings. The summed E-state index contributed by atoms with van der Waals surface area (Å²) in [5.74, 6) is -0.0547. The number of aryl methyl sites for hydroxylation is 1. The van der Waals surface area contributed by atoms with Gasteiger partial charge in [0.1, 0.15) is 5.00 Å². The third-order valence-electron chi connectivity index (χ3n) is 7.29. The van der Waals surface area contributed by atoms with Crippen LogP contribution in [-0.4, -0.2) is 16.7 Å². The lowest BCUT2D eigenvalue weighted by atomic mass is 9.95. The van der Waals surface area contributed by atoms with Crippen molar-refractivity contribution in [1.29, 1.82) is 5.26 Å². The maximum Gasteiger partial charge on any atom is 0.254 e. The maximum atomic E-state index is 13.5. The van der Waals surface area contributed by atoms with Gasteiger partial charge in [-0.15, -0.1) is 11.3 Å². The van der Waals surface area contributed by atoms with E-state index in [9.17, 15) is 10.1 Å². The predicted octanol–water partition coefficient (Wildman–Crippen LogP) is 7.18. The van der Waals surface area contributed by atoms with Gasteiger partial charge in [-0.3, -0.25) is 4.79 Å². The smallest absolute Gasteiger partial charge is 0.254 e. The Bertz CT molecular complexity index is 1720. The van der Waals surface area contributed by atoms with Crippen LogP contribution >= 0.6 is 11.3 Å². The van der Waals surface area contributed by atoms with Gasteiger partial charge in [0.25, 0.3) is 5.91 Å². The zero-order chi connectivity index (χ0) is 26.6. The van der Waals surface area contributed by atoms with Gasteiger partial charge in [0.2, 0.25) is 0 Å². The number of para-hydroxylation sites is 1. The largest absolute Gasteiger partial charge is 0.348 e. The minimum absolute atomic E-state index is 0.0547. The summed E-state index contributed by atoms with van der Waals surface area (Å²) in [7, 11) is 0. The zero-order valence-corrected chi connectivity index (χ0v) is 22.4. The molecule has 2 heterocycles. The van der Waals surface area contributed by atoms with Gasteiger partial charge in [0.15, 0.2) is 0 Å². The Labute approximate surface area is 232 Å². The van der Waals surface area contributed by atoms with E-state index < -0.39 is 0 Å². The maximum absolute atomic E-state index is 13.5. The number of hydrogen-bond acceptors (Lipinski definition) is 4. The molecule has 5 nitrogen and oxygen atoms in total. The van der Waals surface area contributed by atoms with Crippen molar-refractivity contribution >= 4 is 39.4 Å². The molecule has 2 aromatic heterocycles. The quantitative estimate of drug-likeness (QED) is 0.227. The number of aliphatic imine (C=N–C) groups is 1. The lowest BCUT2D eigenvalue weighted by Crippen LogP contribution is -2.24. The summed E-state index contributed by atoms with van der Waals surface area (Å²) < 4.78 is 2.17. The highest BCUT2D eigenvalue weighted by Gasteiger charge is 2.25. The van der Waals surface area contributed by atoms with Crippen LogP contribution in [0.2, 0.25) is 0 Å². The van der Waals surface area contributed by atoms with E-state index in [-0.39, 0.29) is 5.91 Å². The molecule has 0 unspecified atom stereocenters. The summed E-state index contributed by atoms with van der Waals surface area (Å²) in [5, 5.41) is 14.5. The van der Waals surface area contributed by atoms with Gasteiger partial charge in [0, 0.05) is 46.8 Å². The summed E-state index contributed by atoms with van der Waals surface area (Å²) >= 11 is 1.65. The SMILES string of the molecule is N#Cc1ccccc1Cn1cc(/C=N/c2sc3c(c2C(=O)NCc2ccccc2)CCCC3)c2ccccc21. The fourth-order valence-corrected chi connectivity index (χ4v) is 6.56. The normalized spacial score (nSPS) is 12.9. The molecule has 1 aliphatic rings. The first-order chi connectivity index (χ1) is 19.2. The molecule has 3 aromatic carbocycles. The van der Waals surface area contributed by atoms with Gasteiger partial charge >= 0.3 is 0 Å². The molecule has 0 saturated heterocycles. The van der Waals surface area contributed by atoms with E-state index in [4.69, 9.17) is 4.99 Å². The Morgan fingerprint density at radius 3 is 2.64 bits per heavy atom. The molecule has 1 N–H and O–H groups in total. The number of thiophene rings is 1. The number of nitrogens with zero attached hydrogens (tertiary/aromatic N) is 3. The second kappa shape index (κ2) is 11.1. The lowest BCUT2D eigenvalue weighted by molar-refractivity contribution is 0.0951. The molecule has 1 amide bonds. The van der Waals surface area contributed by atoms with Crippen LogP contribution in [0.1, 0.15) is 55.9 Å². The number of carbonyl (C=O) groups excluding carboxylic acids is 1. The molecule has 6 heteroatoms. The van der Waals surface area contributed by atoms with Gasteiger partial charge in [-0.1, -0.05) is 66.7 Å². The van der Waals surface area contributed by atoms with Crippen molar-refractivity contribution in [3.05, 3.63) is 123 Å². The van der Waals surface area contributed by atoms with Crippen LogP contribution in [0.5, 0.6) is 0 Å². The third kappa shape index (κ3) is 5.14. The molecule has 0 saturated carbocycles. The molecule has 0 spiro atoms. The van der Waals surface area contributed by atoms with Crippen molar-refractivity contribution in [3.63, 3.8) is 0 Å². The number of fused-ring (bicyclic) bond motifs is 2. The van der Waals surface area contributed by atoms with Gasteiger partial charge in [-0.25, -0.2) is 4.99 Å². The molecule has 192 valence electrons. The van der Waals surface area contributed by atoms with E-state index >= 15 is 0 Å². The van der Waals surface area contributed by atoms with Crippen LogP contribution < -0.4 is 5.32 Å². The average molecular weight is 529 g/mol. The minimum atomic E-state index is -0.0547. The predicted molar refractivity (Wildman–Crippen MR) is 158 cm³/mol. The fourth-order valence-electron chi connectivity index (χ4n) is 5.33. The summed E-state index contributed by atoms with van der Waals surface area (Å²) in [5.41, 5.74) is 6.70. The number of carbonyl (C=O) groups is 1. The molecule has 1 aliphatic carbocycles. The van der Waals surface area contributed by atoms with Crippen molar-refractivity contribution in [1.82, 2.24) is 9.88 Å². The Kier molecular flexibility index (Phi) is 7.07. The van der Waals surface area contributed by atoms with Crippen molar-refractivity contribution < 1.29 is 4.79 Å². The van der Waals surface area contributed by atoms with E-state index in [2.05, 4.69) is 34.3 Å². The second-order valence-electron chi connectivity index (χ2n) is 9.82.